The summed E-state index contributed by atoms with van der Waals surface area (Å²) in [5, 5.41) is 5.22. The number of pyridine rings is 1. The average molecular weight is 270 g/mol. The van der Waals surface area contributed by atoms with Crippen LogP contribution in [0.3, 0.4) is 0 Å². The van der Waals surface area contributed by atoms with Crippen molar-refractivity contribution >= 4 is 16.8 Å². The smallest absolute Gasteiger partial charge is 0.250 e. The molecular formula is C14H11FN4O. The molecule has 100 valence electrons. The zero-order chi connectivity index (χ0) is 14.3. The first-order valence-electron chi connectivity index (χ1n) is 5.98. The first-order valence-corrected chi connectivity index (χ1v) is 5.98. The van der Waals surface area contributed by atoms with Crippen molar-refractivity contribution in [2.45, 2.75) is 6.92 Å². The lowest BCUT2D eigenvalue weighted by atomic mass is 10.2. The van der Waals surface area contributed by atoms with Crippen LogP contribution in [-0.4, -0.2) is 20.7 Å². The Labute approximate surface area is 113 Å². The van der Waals surface area contributed by atoms with Crippen molar-refractivity contribution in [1.82, 2.24) is 14.8 Å². The minimum atomic E-state index is -0.718. The van der Waals surface area contributed by atoms with Crippen molar-refractivity contribution < 1.29 is 9.18 Å². The number of carbonyl (C=O) groups is 1. The number of nitrogens with zero attached hydrogens (tertiary/aromatic N) is 3. The Balaban J connectivity index is 2.24. The number of halogens is 1. The molecule has 0 fully saturated rings. The van der Waals surface area contributed by atoms with Gasteiger partial charge in [-0.2, -0.15) is 5.10 Å². The highest BCUT2D eigenvalue weighted by molar-refractivity contribution is 5.92. The lowest BCUT2D eigenvalue weighted by Gasteiger charge is -2.04. The molecule has 0 bridgehead atoms. The molecule has 5 nitrogen and oxygen atoms in total. The number of carbonyl (C=O) groups excluding carboxylic acids is 1. The predicted octanol–water partition coefficient (Wildman–Crippen LogP) is 1.97. The maximum absolute atomic E-state index is 14.1. The summed E-state index contributed by atoms with van der Waals surface area (Å²) in [6, 6.07) is 8.54. The summed E-state index contributed by atoms with van der Waals surface area (Å²) in [5.41, 5.74) is 6.66. The van der Waals surface area contributed by atoms with Crippen molar-refractivity contribution in [2.24, 2.45) is 5.73 Å². The summed E-state index contributed by atoms with van der Waals surface area (Å²) < 4.78 is 15.5. The van der Waals surface area contributed by atoms with E-state index in [1.807, 2.05) is 31.2 Å². The number of primary amides is 1. The fraction of sp³-hybridized carbons (Fsp3) is 0.0714. The van der Waals surface area contributed by atoms with E-state index in [-0.39, 0.29) is 11.4 Å². The molecule has 0 saturated carbocycles. The lowest BCUT2D eigenvalue weighted by molar-refractivity contribution is 0.0999. The van der Waals surface area contributed by atoms with Gasteiger partial charge in [-0.1, -0.05) is 18.2 Å². The SMILES string of the molecule is Cc1nn(-c2ncc(C(N)=O)cc2F)c2ccccc12. The van der Waals surface area contributed by atoms with Gasteiger partial charge >= 0.3 is 0 Å². The zero-order valence-electron chi connectivity index (χ0n) is 10.7. The molecule has 20 heavy (non-hydrogen) atoms. The van der Waals surface area contributed by atoms with Crippen molar-refractivity contribution in [3.8, 4) is 5.82 Å². The second-order valence-corrected chi connectivity index (χ2v) is 4.41. The molecule has 0 aliphatic heterocycles. The van der Waals surface area contributed by atoms with E-state index in [9.17, 15) is 9.18 Å². The van der Waals surface area contributed by atoms with E-state index in [4.69, 9.17) is 5.73 Å². The molecule has 2 N–H and O–H groups in total. The molecule has 0 aliphatic rings. The van der Waals surface area contributed by atoms with Gasteiger partial charge < -0.3 is 5.73 Å². The highest BCUT2D eigenvalue weighted by atomic mass is 19.1. The zero-order valence-corrected chi connectivity index (χ0v) is 10.7. The summed E-state index contributed by atoms with van der Waals surface area (Å²) in [4.78, 5) is 15.0. The van der Waals surface area contributed by atoms with Crippen LogP contribution in [0.4, 0.5) is 4.39 Å². The van der Waals surface area contributed by atoms with Crippen LogP contribution in [0.15, 0.2) is 36.5 Å². The van der Waals surface area contributed by atoms with Crippen molar-refractivity contribution in [2.75, 3.05) is 0 Å². The first kappa shape index (κ1) is 12.3. The maximum atomic E-state index is 14.1. The molecule has 3 rings (SSSR count). The number of rotatable bonds is 2. The summed E-state index contributed by atoms with van der Waals surface area (Å²) in [7, 11) is 0. The summed E-state index contributed by atoms with van der Waals surface area (Å²) in [5.74, 6) is -1.32. The standard InChI is InChI=1S/C14H11FN4O/c1-8-10-4-2-3-5-12(10)19(18-8)14-11(15)6-9(7-17-14)13(16)20/h2-7H,1H3,(H2,16,20). The number of para-hydroxylation sites is 1. The lowest BCUT2D eigenvalue weighted by Crippen LogP contribution is -2.13. The third-order valence-electron chi connectivity index (χ3n) is 3.08. The molecule has 0 atom stereocenters. The van der Waals surface area contributed by atoms with Crippen LogP contribution in [-0.2, 0) is 0 Å². The molecule has 1 amide bonds. The Bertz CT molecular complexity index is 825. The molecule has 0 spiro atoms. The second-order valence-electron chi connectivity index (χ2n) is 4.41. The second kappa shape index (κ2) is 4.41. The van der Waals surface area contributed by atoms with Gasteiger partial charge in [0.2, 0.25) is 5.91 Å². The number of hydrogen-bond donors (Lipinski definition) is 1. The topological polar surface area (TPSA) is 73.8 Å². The molecule has 1 aromatic carbocycles. The number of benzene rings is 1. The Morgan fingerprint density at radius 3 is 2.80 bits per heavy atom. The summed E-state index contributed by atoms with van der Waals surface area (Å²) >= 11 is 0. The number of nitrogens with two attached hydrogens (primary N) is 1. The molecule has 2 aromatic heterocycles. The highest BCUT2D eigenvalue weighted by Gasteiger charge is 2.14. The van der Waals surface area contributed by atoms with Gasteiger partial charge in [0, 0.05) is 11.6 Å². The molecular weight excluding hydrogens is 259 g/mol. The van der Waals surface area contributed by atoms with Crippen LogP contribution in [0, 0.1) is 12.7 Å². The van der Waals surface area contributed by atoms with Crippen molar-refractivity contribution in [3.05, 3.63) is 53.6 Å². The van der Waals surface area contributed by atoms with E-state index in [0.29, 0.717) is 0 Å². The van der Waals surface area contributed by atoms with Crippen LogP contribution in [0.5, 0.6) is 0 Å². The van der Waals surface area contributed by atoms with Gasteiger partial charge in [0.1, 0.15) is 0 Å². The van der Waals surface area contributed by atoms with Gasteiger partial charge in [0.05, 0.1) is 16.8 Å². The van der Waals surface area contributed by atoms with Gasteiger partial charge in [-0.25, -0.2) is 14.1 Å². The van der Waals surface area contributed by atoms with Crippen LogP contribution in [0.25, 0.3) is 16.7 Å². The molecule has 3 aromatic rings. The van der Waals surface area contributed by atoms with E-state index in [1.54, 1.807) is 0 Å². The quantitative estimate of drug-likeness (QED) is 0.773. The van der Waals surface area contributed by atoms with Gasteiger partial charge in [0.15, 0.2) is 11.6 Å². The van der Waals surface area contributed by atoms with E-state index < -0.39 is 11.7 Å². The average Bonchev–Trinajstić information content (AvgIpc) is 2.76. The fourth-order valence-electron chi connectivity index (χ4n) is 2.10. The van der Waals surface area contributed by atoms with Gasteiger partial charge in [-0.3, -0.25) is 4.79 Å². The molecule has 2 heterocycles. The van der Waals surface area contributed by atoms with E-state index in [0.717, 1.165) is 22.7 Å². The minimum absolute atomic E-state index is 0.0273. The monoisotopic (exact) mass is 270 g/mol. The van der Waals surface area contributed by atoms with E-state index >= 15 is 0 Å². The number of amides is 1. The van der Waals surface area contributed by atoms with Crippen LogP contribution in [0.2, 0.25) is 0 Å². The molecule has 0 saturated heterocycles. The highest BCUT2D eigenvalue weighted by Crippen LogP contribution is 2.22. The molecule has 0 unspecified atom stereocenters. The Morgan fingerprint density at radius 2 is 2.10 bits per heavy atom. The summed E-state index contributed by atoms with van der Waals surface area (Å²) in [6.07, 6.45) is 1.24. The maximum Gasteiger partial charge on any atom is 0.250 e. The third kappa shape index (κ3) is 1.82. The number of hydrogen-bond acceptors (Lipinski definition) is 3. The van der Waals surface area contributed by atoms with E-state index in [2.05, 4.69) is 10.1 Å². The number of aromatic nitrogens is 3. The predicted molar refractivity (Wildman–Crippen MR) is 72.1 cm³/mol. The third-order valence-corrected chi connectivity index (χ3v) is 3.08. The van der Waals surface area contributed by atoms with Gasteiger partial charge in [-0.05, 0) is 19.1 Å². The number of aryl methyl sites for hydroxylation is 1. The molecule has 6 heteroatoms. The molecule has 0 aliphatic carbocycles. The van der Waals surface area contributed by atoms with Crippen LogP contribution < -0.4 is 5.73 Å². The largest absolute Gasteiger partial charge is 0.366 e. The number of fused-ring (bicyclic) bond motifs is 1. The minimum Gasteiger partial charge on any atom is -0.366 e. The Kier molecular flexibility index (Phi) is 2.71. The van der Waals surface area contributed by atoms with Gasteiger partial charge in [-0.15, -0.1) is 0 Å². The Morgan fingerprint density at radius 1 is 1.35 bits per heavy atom. The van der Waals surface area contributed by atoms with Crippen LogP contribution >= 0.6 is 0 Å². The summed E-state index contributed by atoms with van der Waals surface area (Å²) in [6.45, 7) is 1.84. The van der Waals surface area contributed by atoms with Gasteiger partial charge in [0.25, 0.3) is 0 Å². The fourth-order valence-corrected chi connectivity index (χ4v) is 2.10. The van der Waals surface area contributed by atoms with Crippen molar-refractivity contribution in [3.63, 3.8) is 0 Å². The normalized spacial score (nSPS) is 10.9. The Hall–Kier alpha value is -2.76. The van der Waals surface area contributed by atoms with Crippen molar-refractivity contribution in [1.29, 1.82) is 0 Å². The molecule has 0 radical (unpaired) electrons. The van der Waals surface area contributed by atoms with E-state index in [1.165, 1.54) is 10.9 Å². The van der Waals surface area contributed by atoms with Crippen LogP contribution in [0.1, 0.15) is 16.1 Å². The first-order chi connectivity index (χ1) is 9.58.